The van der Waals surface area contributed by atoms with Crippen LogP contribution in [0, 0.1) is 0 Å². The number of hydrogen-bond donors (Lipinski definition) is 2. The van der Waals surface area contributed by atoms with Gasteiger partial charge in [0.1, 0.15) is 17.3 Å². The minimum atomic E-state index is -0.477. The number of ketones is 1. The SMILES string of the molecule is COc1cc(OC)cc([C@@H]2Nc3nonc3NC3=C2C(=O)C[C@H](c2ccco2)C3)c1. The van der Waals surface area contributed by atoms with Crippen molar-refractivity contribution in [2.75, 3.05) is 24.9 Å². The van der Waals surface area contributed by atoms with Gasteiger partial charge in [0.05, 0.1) is 26.5 Å². The molecule has 1 aliphatic carbocycles. The molecule has 3 heterocycles. The normalized spacial score (nSPS) is 20.5. The number of Topliss-reactive ketones (excluding diaryl/α,β-unsaturated/α-hetero) is 1. The lowest BCUT2D eigenvalue weighted by atomic mass is 9.80. The van der Waals surface area contributed by atoms with Crippen molar-refractivity contribution in [1.29, 1.82) is 0 Å². The van der Waals surface area contributed by atoms with Gasteiger partial charge in [0.15, 0.2) is 5.78 Å². The van der Waals surface area contributed by atoms with Crippen LogP contribution in [0.1, 0.15) is 36.1 Å². The zero-order valence-corrected chi connectivity index (χ0v) is 16.5. The molecule has 0 amide bonds. The number of anilines is 2. The maximum absolute atomic E-state index is 13.3. The Labute approximate surface area is 172 Å². The van der Waals surface area contributed by atoms with Crippen molar-refractivity contribution in [3.63, 3.8) is 0 Å². The van der Waals surface area contributed by atoms with Crippen molar-refractivity contribution in [2.24, 2.45) is 0 Å². The Morgan fingerprint density at radius 1 is 1.07 bits per heavy atom. The van der Waals surface area contributed by atoms with Gasteiger partial charge in [-0.3, -0.25) is 4.79 Å². The summed E-state index contributed by atoms with van der Waals surface area (Å²) in [7, 11) is 3.18. The van der Waals surface area contributed by atoms with Crippen molar-refractivity contribution in [1.82, 2.24) is 10.3 Å². The number of carbonyl (C=O) groups is 1. The molecule has 0 unspecified atom stereocenters. The summed E-state index contributed by atoms with van der Waals surface area (Å²) in [5.74, 6) is 2.87. The van der Waals surface area contributed by atoms with Gasteiger partial charge in [0, 0.05) is 29.7 Å². The highest BCUT2D eigenvalue weighted by molar-refractivity contribution is 6.00. The highest BCUT2D eigenvalue weighted by atomic mass is 16.6. The lowest BCUT2D eigenvalue weighted by molar-refractivity contribution is -0.116. The van der Waals surface area contributed by atoms with E-state index in [9.17, 15) is 4.79 Å². The molecule has 2 N–H and O–H groups in total. The standard InChI is InChI=1S/C21H20N4O5/c1-27-13-6-12(7-14(10-13)28-2)19-18-15(22-20-21(23-19)25-30-24-20)8-11(9-16(18)26)17-4-3-5-29-17/h3-7,10-11,19H,8-9H2,1-2H3,(H,22,24)(H,23,25)/t11-,19+/m1/s1. The zero-order valence-electron chi connectivity index (χ0n) is 16.5. The highest BCUT2D eigenvalue weighted by Crippen LogP contribution is 2.44. The van der Waals surface area contributed by atoms with Crippen LogP contribution in [0.2, 0.25) is 0 Å². The summed E-state index contributed by atoms with van der Waals surface area (Å²) >= 11 is 0. The molecular weight excluding hydrogens is 388 g/mol. The second-order valence-electron chi connectivity index (χ2n) is 7.25. The molecule has 0 spiro atoms. The van der Waals surface area contributed by atoms with Crippen LogP contribution < -0.4 is 20.1 Å². The minimum Gasteiger partial charge on any atom is -0.497 e. The molecule has 0 fully saturated rings. The smallest absolute Gasteiger partial charge is 0.219 e. The average molecular weight is 408 g/mol. The number of methoxy groups -OCH3 is 2. The largest absolute Gasteiger partial charge is 0.497 e. The monoisotopic (exact) mass is 408 g/mol. The molecule has 2 aliphatic rings. The Morgan fingerprint density at radius 2 is 1.83 bits per heavy atom. The molecule has 1 aliphatic heterocycles. The number of allylic oxidation sites excluding steroid dienone is 1. The second-order valence-corrected chi connectivity index (χ2v) is 7.25. The molecule has 0 saturated carbocycles. The maximum Gasteiger partial charge on any atom is 0.219 e. The number of ether oxygens (including phenoxy) is 2. The van der Waals surface area contributed by atoms with E-state index in [1.807, 2.05) is 24.3 Å². The third-order valence-corrected chi connectivity index (χ3v) is 5.49. The zero-order chi connectivity index (χ0) is 20.7. The third-order valence-electron chi connectivity index (χ3n) is 5.49. The highest BCUT2D eigenvalue weighted by Gasteiger charge is 2.38. The van der Waals surface area contributed by atoms with Crippen molar-refractivity contribution in [3.05, 3.63) is 59.2 Å². The molecular formula is C21H20N4O5. The van der Waals surface area contributed by atoms with Crippen LogP contribution in [0.5, 0.6) is 11.5 Å². The lowest BCUT2D eigenvalue weighted by Crippen LogP contribution is -2.27. The Morgan fingerprint density at radius 3 is 2.53 bits per heavy atom. The molecule has 3 aromatic rings. The third kappa shape index (κ3) is 3.08. The first kappa shape index (κ1) is 18.3. The average Bonchev–Trinajstić information content (AvgIpc) is 3.42. The van der Waals surface area contributed by atoms with Gasteiger partial charge in [-0.2, -0.15) is 0 Å². The summed E-state index contributed by atoms with van der Waals surface area (Å²) in [6, 6.07) is 8.77. The van der Waals surface area contributed by atoms with Crippen LogP contribution in [-0.4, -0.2) is 30.3 Å². The van der Waals surface area contributed by atoms with E-state index in [-0.39, 0.29) is 11.7 Å². The number of nitrogens with one attached hydrogen (secondary N) is 2. The Hall–Kier alpha value is -3.75. The number of hydrogen-bond acceptors (Lipinski definition) is 9. The first-order chi connectivity index (χ1) is 14.7. The van der Waals surface area contributed by atoms with E-state index >= 15 is 0 Å². The molecule has 154 valence electrons. The molecule has 0 bridgehead atoms. The van der Waals surface area contributed by atoms with Gasteiger partial charge in [-0.15, -0.1) is 0 Å². The van der Waals surface area contributed by atoms with Gasteiger partial charge in [-0.1, -0.05) is 0 Å². The van der Waals surface area contributed by atoms with E-state index in [1.165, 1.54) is 0 Å². The van der Waals surface area contributed by atoms with E-state index in [2.05, 4.69) is 20.9 Å². The number of furan rings is 1. The van der Waals surface area contributed by atoms with Crippen LogP contribution in [0.15, 0.2) is 56.9 Å². The molecule has 9 nitrogen and oxygen atoms in total. The van der Waals surface area contributed by atoms with Crippen LogP contribution in [0.3, 0.4) is 0 Å². The van der Waals surface area contributed by atoms with Crippen LogP contribution in [-0.2, 0) is 4.79 Å². The Balaban J connectivity index is 1.63. The lowest BCUT2D eigenvalue weighted by Gasteiger charge is -2.28. The second kappa shape index (κ2) is 7.25. The number of benzene rings is 1. The molecule has 0 saturated heterocycles. The summed E-state index contributed by atoms with van der Waals surface area (Å²) in [5.41, 5.74) is 2.20. The summed E-state index contributed by atoms with van der Waals surface area (Å²) < 4.78 is 21.3. The summed E-state index contributed by atoms with van der Waals surface area (Å²) in [6.07, 6.45) is 2.57. The fourth-order valence-corrected chi connectivity index (χ4v) is 4.07. The van der Waals surface area contributed by atoms with Gasteiger partial charge < -0.3 is 24.5 Å². The van der Waals surface area contributed by atoms with Crippen LogP contribution >= 0.6 is 0 Å². The molecule has 2 atom stereocenters. The van der Waals surface area contributed by atoms with Gasteiger partial charge in [-0.25, -0.2) is 4.63 Å². The molecule has 5 rings (SSSR count). The molecule has 2 aromatic heterocycles. The maximum atomic E-state index is 13.3. The fraction of sp³-hybridized carbons (Fsp3) is 0.286. The molecule has 1 aromatic carbocycles. The quantitative estimate of drug-likeness (QED) is 0.668. The fourth-order valence-electron chi connectivity index (χ4n) is 4.07. The topological polar surface area (TPSA) is 112 Å². The number of aromatic nitrogens is 2. The molecule has 9 heteroatoms. The first-order valence-corrected chi connectivity index (χ1v) is 9.55. The van der Waals surface area contributed by atoms with E-state index in [0.717, 1.165) is 17.0 Å². The predicted octanol–water partition coefficient (Wildman–Crippen LogP) is 3.66. The summed E-state index contributed by atoms with van der Waals surface area (Å²) in [6.45, 7) is 0. The number of fused-ring (bicyclic) bond motifs is 1. The number of rotatable bonds is 4. The molecule has 30 heavy (non-hydrogen) atoms. The minimum absolute atomic E-state index is 0.0199. The Kier molecular flexibility index (Phi) is 4.42. The van der Waals surface area contributed by atoms with Crippen molar-refractivity contribution in [3.8, 4) is 11.5 Å². The van der Waals surface area contributed by atoms with Crippen LogP contribution in [0.25, 0.3) is 0 Å². The Bertz CT molecular complexity index is 1100. The van der Waals surface area contributed by atoms with Gasteiger partial charge in [0.2, 0.25) is 11.6 Å². The van der Waals surface area contributed by atoms with Crippen molar-refractivity contribution >= 4 is 17.4 Å². The summed E-state index contributed by atoms with van der Waals surface area (Å²) in [5, 5.41) is 14.4. The van der Waals surface area contributed by atoms with E-state index < -0.39 is 6.04 Å². The van der Waals surface area contributed by atoms with E-state index in [4.69, 9.17) is 18.5 Å². The van der Waals surface area contributed by atoms with Crippen molar-refractivity contribution < 1.29 is 23.3 Å². The van der Waals surface area contributed by atoms with Gasteiger partial charge in [-0.05, 0) is 46.6 Å². The first-order valence-electron chi connectivity index (χ1n) is 9.55. The predicted molar refractivity (Wildman–Crippen MR) is 107 cm³/mol. The summed E-state index contributed by atoms with van der Waals surface area (Å²) in [4.78, 5) is 13.3. The van der Waals surface area contributed by atoms with Crippen LogP contribution in [0.4, 0.5) is 11.6 Å². The van der Waals surface area contributed by atoms with Gasteiger partial charge >= 0.3 is 0 Å². The van der Waals surface area contributed by atoms with E-state index in [0.29, 0.717) is 41.5 Å². The molecule has 0 radical (unpaired) electrons. The number of carbonyl (C=O) groups excluding carboxylic acids is 1. The van der Waals surface area contributed by atoms with Crippen molar-refractivity contribution in [2.45, 2.75) is 24.8 Å². The van der Waals surface area contributed by atoms with E-state index in [1.54, 1.807) is 26.5 Å². The number of nitrogens with zero attached hydrogens (tertiary/aromatic N) is 2. The van der Waals surface area contributed by atoms with Gasteiger partial charge in [0.25, 0.3) is 0 Å².